The van der Waals surface area contributed by atoms with Gasteiger partial charge in [-0.1, -0.05) is 6.07 Å². The van der Waals surface area contributed by atoms with Crippen LogP contribution in [-0.4, -0.2) is 56.5 Å². The zero-order chi connectivity index (χ0) is 21.5. The molecule has 1 N–H and O–H groups in total. The lowest BCUT2D eigenvalue weighted by Gasteiger charge is -2.38. The van der Waals surface area contributed by atoms with Gasteiger partial charge in [0, 0.05) is 55.0 Å². The van der Waals surface area contributed by atoms with Crippen molar-refractivity contribution in [2.45, 2.75) is 17.8 Å². The molecule has 2 atom stereocenters. The Hall–Kier alpha value is -2.10. The van der Waals surface area contributed by atoms with Gasteiger partial charge in [0.05, 0.1) is 30.4 Å². The van der Waals surface area contributed by atoms with Gasteiger partial charge in [0.1, 0.15) is 0 Å². The second-order valence-corrected chi connectivity index (χ2v) is 9.61. The van der Waals surface area contributed by atoms with Crippen molar-refractivity contribution in [1.82, 2.24) is 19.9 Å². The van der Waals surface area contributed by atoms with Gasteiger partial charge in [0.25, 0.3) is 0 Å². The predicted octanol–water partition coefficient (Wildman–Crippen LogP) is 3.00. The van der Waals surface area contributed by atoms with E-state index in [2.05, 4.69) is 15.0 Å². The Bertz CT molecular complexity index is 1140. The standard InChI is InChI=1S/C18H22N6OS2/c1-13(14-3-4-17-16(9-14)22-12-26-17)23-5-7-24(8-6-23)18-20-10-15(11-21-18)27(2,19)25/h3-4,9-13,19H,5-8H2,1-2H3/i1D3. The van der Waals surface area contributed by atoms with E-state index in [0.717, 1.165) is 15.8 Å². The molecule has 142 valence electrons. The van der Waals surface area contributed by atoms with E-state index >= 15 is 0 Å². The number of fused-ring (bicyclic) bond motifs is 1. The third-order valence-electron chi connectivity index (χ3n) is 4.70. The number of benzene rings is 1. The molecule has 1 aliphatic rings. The Kier molecular flexibility index (Phi) is 3.94. The molecule has 7 nitrogen and oxygen atoms in total. The van der Waals surface area contributed by atoms with Crippen molar-refractivity contribution in [2.24, 2.45) is 0 Å². The maximum atomic E-state index is 11.8. The van der Waals surface area contributed by atoms with Gasteiger partial charge >= 0.3 is 0 Å². The average Bonchev–Trinajstić information content (AvgIpc) is 3.15. The largest absolute Gasteiger partial charge is 0.338 e. The lowest BCUT2D eigenvalue weighted by molar-refractivity contribution is 0.198. The predicted molar refractivity (Wildman–Crippen MR) is 109 cm³/mol. The van der Waals surface area contributed by atoms with Crippen molar-refractivity contribution in [1.29, 1.82) is 4.78 Å². The Morgan fingerprint density at radius 1 is 1.22 bits per heavy atom. The highest BCUT2D eigenvalue weighted by atomic mass is 32.2. The van der Waals surface area contributed by atoms with E-state index in [1.807, 2.05) is 28.0 Å². The molecule has 3 aromatic rings. The molecule has 9 heteroatoms. The molecular weight excluding hydrogens is 380 g/mol. The summed E-state index contributed by atoms with van der Waals surface area (Å²) in [6, 6.07) is 4.99. The minimum atomic E-state index is -2.85. The van der Waals surface area contributed by atoms with Crippen molar-refractivity contribution < 1.29 is 8.32 Å². The molecular formula is C18H22N6OS2. The number of rotatable bonds is 4. The van der Waals surface area contributed by atoms with Gasteiger partial charge in [-0.15, -0.1) is 11.3 Å². The fourth-order valence-electron chi connectivity index (χ4n) is 3.11. The van der Waals surface area contributed by atoms with Crippen molar-refractivity contribution in [3.05, 3.63) is 41.7 Å². The van der Waals surface area contributed by atoms with Crippen molar-refractivity contribution in [3.8, 4) is 0 Å². The molecule has 1 fully saturated rings. The van der Waals surface area contributed by atoms with Crippen LogP contribution >= 0.6 is 11.3 Å². The Labute approximate surface area is 167 Å². The molecule has 2 aromatic heterocycles. The van der Waals surface area contributed by atoms with Crippen LogP contribution in [0.2, 0.25) is 0 Å². The molecule has 0 radical (unpaired) electrons. The van der Waals surface area contributed by atoms with E-state index in [1.165, 1.54) is 30.0 Å². The van der Waals surface area contributed by atoms with E-state index in [0.29, 0.717) is 37.0 Å². The molecule has 1 saturated heterocycles. The number of anilines is 1. The summed E-state index contributed by atoms with van der Waals surface area (Å²) in [6.07, 6.45) is 4.19. The van der Waals surface area contributed by atoms with Crippen LogP contribution in [0, 0.1) is 4.78 Å². The lowest BCUT2D eigenvalue weighted by atomic mass is 10.1. The minimum Gasteiger partial charge on any atom is -0.338 e. The highest BCUT2D eigenvalue weighted by molar-refractivity contribution is 7.91. The molecule has 0 saturated carbocycles. The zero-order valence-electron chi connectivity index (χ0n) is 17.8. The summed E-state index contributed by atoms with van der Waals surface area (Å²) in [5.41, 5.74) is 3.33. The zero-order valence-corrected chi connectivity index (χ0v) is 16.5. The van der Waals surface area contributed by atoms with Crippen LogP contribution in [-0.2, 0) is 9.73 Å². The third-order valence-corrected chi connectivity index (χ3v) is 6.62. The summed E-state index contributed by atoms with van der Waals surface area (Å²) < 4.78 is 44.8. The average molecular weight is 406 g/mol. The second-order valence-electron chi connectivity index (χ2n) is 6.57. The van der Waals surface area contributed by atoms with Gasteiger partial charge in [0.2, 0.25) is 5.95 Å². The van der Waals surface area contributed by atoms with E-state index in [9.17, 15) is 4.21 Å². The number of hydrogen-bond acceptors (Lipinski definition) is 8. The summed E-state index contributed by atoms with van der Waals surface area (Å²) in [7, 11) is -2.85. The first-order valence-corrected chi connectivity index (χ1v) is 11.4. The smallest absolute Gasteiger partial charge is 0.225 e. The Balaban J connectivity index is 1.51. The molecule has 1 aliphatic heterocycles. The van der Waals surface area contributed by atoms with Gasteiger partial charge in [-0.3, -0.25) is 4.90 Å². The van der Waals surface area contributed by atoms with Crippen LogP contribution in [0.1, 0.15) is 22.6 Å². The van der Waals surface area contributed by atoms with Gasteiger partial charge in [-0.2, -0.15) is 0 Å². The lowest BCUT2D eigenvalue weighted by Crippen LogP contribution is -2.47. The summed E-state index contributed by atoms with van der Waals surface area (Å²) >= 11 is 1.54. The molecule has 0 spiro atoms. The molecule has 0 bridgehead atoms. The number of thiazole rings is 1. The van der Waals surface area contributed by atoms with Crippen LogP contribution in [0.3, 0.4) is 0 Å². The van der Waals surface area contributed by atoms with E-state index in [-0.39, 0.29) is 0 Å². The summed E-state index contributed by atoms with van der Waals surface area (Å²) in [5.74, 6) is 0.497. The van der Waals surface area contributed by atoms with E-state index in [1.54, 1.807) is 5.51 Å². The number of piperazine rings is 1. The number of nitrogens with zero attached hydrogens (tertiary/aromatic N) is 5. The van der Waals surface area contributed by atoms with Crippen LogP contribution < -0.4 is 4.90 Å². The normalized spacial score (nSPS) is 21.2. The molecule has 3 heterocycles. The summed E-state index contributed by atoms with van der Waals surface area (Å²) in [5, 5.41) is 0. The molecule has 2 unspecified atom stereocenters. The molecule has 1 aromatic carbocycles. The first-order valence-electron chi connectivity index (χ1n) is 10.0. The Morgan fingerprint density at radius 2 is 1.96 bits per heavy atom. The maximum Gasteiger partial charge on any atom is 0.225 e. The van der Waals surface area contributed by atoms with Crippen LogP contribution in [0.5, 0.6) is 0 Å². The number of aromatic nitrogens is 3. The minimum absolute atomic E-state index is 0.296. The summed E-state index contributed by atoms with van der Waals surface area (Å²) in [4.78, 5) is 17.1. The van der Waals surface area contributed by atoms with Crippen molar-refractivity contribution in [3.63, 3.8) is 0 Å². The summed E-state index contributed by atoms with van der Waals surface area (Å²) in [6.45, 7) is 0.0818. The van der Waals surface area contributed by atoms with Crippen molar-refractivity contribution in [2.75, 3.05) is 37.3 Å². The number of hydrogen-bond donors (Lipinski definition) is 1. The topological polar surface area (TPSA) is 86.1 Å². The highest BCUT2D eigenvalue weighted by Crippen LogP contribution is 2.27. The van der Waals surface area contributed by atoms with Gasteiger partial charge < -0.3 is 4.90 Å². The van der Waals surface area contributed by atoms with Crippen LogP contribution in [0.4, 0.5) is 5.95 Å². The first kappa shape index (κ1) is 14.9. The molecule has 27 heavy (non-hydrogen) atoms. The van der Waals surface area contributed by atoms with E-state index < -0.39 is 22.6 Å². The third kappa shape index (κ3) is 3.80. The van der Waals surface area contributed by atoms with Gasteiger partial charge in [-0.25, -0.2) is 23.9 Å². The Morgan fingerprint density at radius 3 is 2.63 bits per heavy atom. The molecule has 0 aliphatic carbocycles. The fraction of sp³-hybridized carbons (Fsp3) is 0.389. The molecule has 4 rings (SSSR count). The maximum absolute atomic E-state index is 11.8. The van der Waals surface area contributed by atoms with Crippen LogP contribution in [0.15, 0.2) is 41.0 Å². The van der Waals surface area contributed by atoms with Gasteiger partial charge in [-0.05, 0) is 24.5 Å². The van der Waals surface area contributed by atoms with E-state index in [4.69, 9.17) is 8.89 Å². The quantitative estimate of drug-likeness (QED) is 0.718. The second kappa shape index (κ2) is 7.14. The highest BCUT2D eigenvalue weighted by Gasteiger charge is 2.23. The van der Waals surface area contributed by atoms with Crippen LogP contribution in [0.25, 0.3) is 10.2 Å². The monoisotopic (exact) mass is 405 g/mol. The van der Waals surface area contributed by atoms with Crippen molar-refractivity contribution >= 4 is 37.2 Å². The fourth-order valence-corrected chi connectivity index (χ4v) is 4.28. The number of nitrogens with one attached hydrogen (secondary N) is 1. The first-order chi connectivity index (χ1) is 14.1. The molecule has 0 amide bonds. The SMILES string of the molecule is [2H]C([2H])([2H])C(c1ccc2scnc2c1)N1CCN(c2ncc(S(C)(=N)=O)cn2)CC1. The van der Waals surface area contributed by atoms with Gasteiger partial charge in [0.15, 0.2) is 0 Å².